The van der Waals surface area contributed by atoms with Gasteiger partial charge in [0.2, 0.25) is 0 Å². The average molecular weight is 197 g/mol. The smallest absolute Gasteiger partial charge is 0.415 e. The minimum Gasteiger partial charge on any atom is -0.448 e. The highest BCUT2D eigenvalue weighted by molar-refractivity contribution is 5.76. The van der Waals surface area contributed by atoms with Crippen LogP contribution >= 0.6 is 0 Å². The van der Waals surface area contributed by atoms with Gasteiger partial charge in [-0.2, -0.15) is 0 Å². The summed E-state index contributed by atoms with van der Waals surface area (Å²) < 4.78 is 5.01. The Bertz CT molecular complexity index is 248. The van der Waals surface area contributed by atoms with Gasteiger partial charge in [-0.25, -0.2) is 4.79 Å². The van der Waals surface area contributed by atoms with Crippen LogP contribution in [0.25, 0.3) is 0 Å². The van der Waals surface area contributed by atoms with E-state index in [-0.39, 0.29) is 6.09 Å². The minimum atomic E-state index is -0.347. The molecule has 0 unspecified atom stereocenters. The van der Waals surface area contributed by atoms with E-state index in [2.05, 4.69) is 4.99 Å². The number of allylic oxidation sites excluding steroid dienone is 1. The van der Waals surface area contributed by atoms with E-state index in [4.69, 9.17) is 4.74 Å². The largest absolute Gasteiger partial charge is 0.448 e. The molecular weight excluding hydrogens is 182 g/mol. The summed E-state index contributed by atoms with van der Waals surface area (Å²) in [7, 11) is 3.86. The summed E-state index contributed by atoms with van der Waals surface area (Å²) in [5.41, 5.74) is 0. The fourth-order valence-electron chi connectivity index (χ4n) is 0.903. The quantitative estimate of drug-likeness (QED) is 0.663. The van der Waals surface area contributed by atoms with E-state index in [9.17, 15) is 4.79 Å². The van der Waals surface area contributed by atoms with Crippen LogP contribution < -0.4 is 0 Å². The molecule has 0 fully saturated rings. The SMILES string of the molecule is CN(C)CCOC(=O)N1C=CC=NC1. The Kier molecular flexibility index (Phi) is 4.12. The van der Waals surface area contributed by atoms with Crippen LogP contribution in [-0.4, -0.2) is 56.0 Å². The molecule has 1 rings (SSSR count). The number of likely N-dealkylation sites (N-methyl/N-ethyl adjacent to an activating group) is 1. The second-order valence-corrected chi connectivity index (χ2v) is 3.20. The molecule has 0 N–H and O–H groups in total. The van der Waals surface area contributed by atoms with Crippen molar-refractivity contribution >= 4 is 12.3 Å². The molecule has 0 saturated carbocycles. The number of hydrogen-bond acceptors (Lipinski definition) is 4. The zero-order valence-corrected chi connectivity index (χ0v) is 8.51. The third-order valence-corrected chi connectivity index (χ3v) is 1.69. The fourth-order valence-corrected chi connectivity index (χ4v) is 0.903. The van der Waals surface area contributed by atoms with Crippen LogP contribution in [0.1, 0.15) is 0 Å². The monoisotopic (exact) mass is 197 g/mol. The number of carbonyl (C=O) groups is 1. The first-order valence-corrected chi connectivity index (χ1v) is 4.45. The Morgan fingerprint density at radius 1 is 1.64 bits per heavy atom. The van der Waals surface area contributed by atoms with Crippen LogP contribution in [0.15, 0.2) is 17.3 Å². The molecule has 5 nitrogen and oxygen atoms in total. The van der Waals surface area contributed by atoms with E-state index in [1.54, 1.807) is 18.5 Å². The van der Waals surface area contributed by atoms with Gasteiger partial charge in [-0.15, -0.1) is 0 Å². The molecule has 14 heavy (non-hydrogen) atoms. The van der Waals surface area contributed by atoms with Crippen LogP contribution in [0, 0.1) is 0 Å². The lowest BCUT2D eigenvalue weighted by Crippen LogP contribution is -2.30. The summed E-state index contributed by atoms with van der Waals surface area (Å²) in [4.78, 5) is 18.6. The van der Waals surface area contributed by atoms with Gasteiger partial charge in [0.15, 0.2) is 0 Å². The molecule has 0 aromatic heterocycles. The molecule has 1 amide bonds. The molecule has 5 heteroatoms. The number of carbonyl (C=O) groups excluding carboxylic acids is 1. The minimum absolute atomic E-state index is 0.345. The highest BCUT2D eigenvalue weighted by Crippen LogP contribution is 1.99. The van der Waals surface area contributed by atoms with Crippen molar-refractivity contribution in [2.45, 2.75) is 0 Å². The number of rotatable bonds is 3. The van der Waals surface area contributed by atoms with Crippen molar-refractivity contribution in [3.05, 3.63) is 12.3 Å². The third-order valence-electron chi connectivity index (χ3n) is 1.69. The number of ether oxygens (including phenoxy) is 1. The number of nitrogens with zero attached hydrogens (tertiary/aromatic N) is 3. The van der Waals surface area contributed by atoms with Gasteiger partial charge in [0.05, 0.1) is 0 Å². The van der Waals surface area contributed by atoms with Crippen molar-refractivity contribution in [3.63, 3.8) is 0 Å². The van der Waals surface area contributed by atoms with Crippen LogP contribution in [0.5, 0.6) is 0 Å². The van der Waals surface area contributed by atoms with E-state index in [0.29, 0.717) is 13.3 Å². The summed E-state index contributed by atoms with van der Waals surface area (Å²) in [5.74, 6) is 0. The summed E-state index contributed by atoms with van der Waals surface area (Å²) in [6, 6.07) is 0. The maximum atomic E-state index is 11.3. The number of aliphatic imine (C=N–C) groups is 1. The Morgan fingerprint density at radius 3 is 3.00 bits per heavy atom. The van der Waals surface area contributed by atoms with E-state index < -0.39 is 0 Å². The van der Waals surface area contributed by atoms with Crippen molar-refractivity contribution in [1.29, 1.82) is 0 Å². The van der Waals surface area contributed by atoms with E-state index >= 15 is 0 Å². The summed E-state index contributed by atoms with van der Waals surface area (Å²) in [6.45, 7) is 1.48. The van der Waals surface area contributed by atoms with Crippen molar-refractivity contribution < 1.29 is 9.53 Å². The molecule has 78 valence electrons. The van der Waals surface area contributed by atoms with Crippen LogP contribution in [0.3, 0.4) is 0 Å². The first-order valence-electron chi connectivity index (χ1n) is 4.45. The van der Waals surface area contributed by atoms with Gasteiger partial charge >= 0.3 is 6.09 Å². The fraction of sp³-hybridized carbons (Fsp3) is 0.556. The van der Waals surface area contributed by atoms with E-state index in [0.717, 1.165) is 6.54 Å². The van der Waals surface area contributed by atoms with Gasteiger partial charge in [-0.05, 0) is 20.2 Å². The molecule has 1 aliphatic heterocycles. The predicted molar refractivity (Wildman–Crippen MR) is 54.2 cm³/mol. The molecule has 0 radical (unpaired) electrons. The van der Waals surface area contributed by atoms with Gasteiger partial charge in [0.25, 0.3) is 0 Å². The molecule has 0 atom stereocenters. The average Bonchev–Trinajstić information content (AvgIpc) is 2.18. The maximum absolute atomic E-state index is 11.3. The van der Waals surface area contributed by atoms with Gasteiger partial charge in [-0.1, -0.05) is 0 Å². The molecule has 0 aliphatic carbocycles. The zero-order valence-electron chi connectivity index (χ0n) is 8.51. The topological polar surface area (TPSA) is 45.1 Å². The Labute approximate surface area is 83.7 Å². The zero-order chi connectivity index (χ0) is 10.4. The summed E-state index contributed by atoms with van der Waals surface area (Å²) in [5, 5.41) is 0. The first kappa shape index (κ1) is 10.7. The highest BCUT2D eigenvalue weighted by atomic mass is 16.6. The number of hydrogen-bond donors (Lipinski definition) is 0. The first-order chi connectivity index (χ1) is 6.70. The Balaban J connectivity index is 2.21. The summed E-state index contributed by atoms with van der Waals surface area (Å²) in [6.07, 6.45) is 4.67. The van der Waals surface area contributed by atoms with Gasteiger partial charge in [0, 0.05) is 19.0 Å². The molecule has 0 aromatic carbocycles. The standard InChI is InChI=1S/C9H15N3O2/c1-11(2)6-7-14-9(13)12-5-3-4-10-8-12/h3-5H,6-8H2,1-2H3. The lowest BCUT2D eigenvalue weighted by Gasteiger charge is -2.18. The molecule has 0 aromatic rings. The number of amides is 1. The van der Waals surface area contributed by atoms with Gasteiger partial charge in [0.1, 0.15) is 13.3 Å². The Morgan fingerprint density at radius 2 is 2.43 bits per heavy atom. The summed E-state index contributed by atoms with van der Waals surface area (Å²) >= 11 is 0. The molecule has 0 spiro atoms. The van der Waals surface area contributed by atoms with E-state index in [1.165, 1.54) is 4.90 Å². The molecule has 0 bridgehead atoms. The van der Waals surface area contributed by atoms with E-state index in [1.807, 2.05) is 19.0 Å². The van der Waals surface area contributed by atoms with Crippen molar-refractivity contribution in [2.75, 3.05) is 33.9 Å². The lowest BCUT2D eigenvalue weighted by molar-refractivity contribution is 0.110. The normalized spacial score (nSPS) is 14.9. The van der Waals surface area contributed by atoms with Gasteiger partial charge < -0.3 is 9.64 Å². The van der Waals surface area contributed by atoms with Gasteiger partial charge in [-0.3, -0.25) is 9.89 Å². The second kappa shape index (κ2) is 5.39. The maximum Gasteiger partial charge on any atom is 0.415 e. The highest BCUT2D eigenvalue weighted by Gasteiger charge is 2.11. The molecular formula is C9H15N3O2. The van der Waals surface area contributed by atoms with Crippen LogP contribution in [0.2, 0.25) is 0 Å². The Hall–Kier alpha value is -1.36. The van der Waals surface area contributed by atoms with Crippen molar-refractivity contribution in [3.8, 4) is 0 Å². The third kappa shape index (κ3) is 3.57. The van der Waals surface area contributed by atoms with Crippen LogP contribution in [0.4, 0.5) is 4.79 Å². The predicted octanol–water partition coefficient (Wildman–Crippen LogP) is 0.542. The lowest BCUT2D eigenvalue weighted by atomic mass is 10.5. The van der Waals surface area contributed by atoms with Crippen molar-refractivity contribution in [1.82, 2.24) is 9.80 Å². The van der Waals surface area contributed by atoms with Crippen molar-refractivity contribution in [2.24, 2.45) is 4.99 Å². The molecule has 1 aliphatic rings. The van der Waals surface area contributed by atoms with Crippen LogP contribution in [-0.2, 0) is 4.74 Å². The molecule has 1 heterocycles. The molecule has 0 saturated heterocycles. The second-order valence-electron chi connectivity index (χ2n) is 3.20.